The van der Waals surface area contributed by atoms with Gasteiger partial charge in [-0.05, 0) is 40.8 Å². The van der Waals surface area contributed by atoms with Gasteiger partial charge < -0.3 is 5.73 Å². The Morgan fingerprint density at radius 1 is 1.09 bits per heavy atom. The van der Waals surface area contributed by atoms with Gasteiger partial charge >= 0.3 is 0 Å². The number of aromatic nitrogens is 1. The maximum absolute atomic E-state index is 8.48. The molecule has 0 fully saturated rings. The second-order valence-corrected chi connectivity index (χ2v) is 5.12. The minimum atomic E-state index is -2.65. The smallest absolute Gasteiger partial charge is 0.129 e. The number of nitrogens with two attached hydrogens (primary N) is 1. The Balaban J connectivity index is 2.14. The van der Waals surface area contributed by atoms with Crippen LogP contribution in [-0.2, 0) is 12.9 Å². The Morgan fingerprint density at radius 2 is 1.78 bits per heavy atom. The second-order valence-electron chi connectivity index (χ2n) is 4.74. The van der Waals surface area contributed by atoms with Gasteiger partial charge in [0.1, 0.15) is 5.15 Å². The summed E-state index contributed by atoms with van der Waals surface area (Å²) in [6.07, 6.45) is -3.28. The lowest BCUT2D eigenvalue weighted by atomic mass is 10.0. The van der Waals surface area contributed by atoms with Gasteiger partial charge in [0.05, 0.1) is 5.48 Å². The van der Waals surface area contributed by atoms with E-state index in [1.807, 2.05) is 30.3 Å². The maximum atomic E-state index is 8.48. The van der Waals surface area contributed by atoms with Crippen molar-refractivity contribution in [2.45, 2.75) is 12.9 Å². The molecule has 23 heavy (non-hydrogen) atoms. The normalized spacial score (nSPS) is 15.9. The molecule has 1 radical (unpaired) electrons. The van der Waals surface area contributed by atoms with Gasteiger partial charge in [0.2, 0.25) is 0 Å². The highest BCUT2D eigenvalue weighted by molar-refractivity contribution is 6.29. The first-order valence-corrected chi connectivity index (χ1v) is 7.34. The number of hydrogen-bond acceptors (Lipinski definition) is 2. The van der Waals surface area contributed by atoms with Gasteiger partial charge in [-0.25, -0.2) is 4.98 Å². The first kappa shape index (κ1) is 9.21. The minimum Gasteiger partial charge on any atom is -0.326 e. The molecule has 0 amide bonds. The zero-order valence-corrected chi connectivity index (χ0v) is 12.9. The molecule has 0 spiro atoms. The van der Waals surface area contributed by atoms with Crippen molar-refractivity contribution in [3.63, 3.8) is 0 Å². The summed E-state index contributed by atoms with van der Waals surface area (Å²) in [6, 6.07) is 10.3. The molecule has 1 aromatic heterocycles. The molecule has 115 valence electrons. The molecule has 3 heteroatoms. The van der Waals surface area contributed by atoms with Crippen LogP contribution in [0.3, 0.4) is 0 Å². The van der Waals surface area contributed by atoms with Crippen LogP contribution >= 0.6 is 11.6 Å². The predicted molar refractivity (Wildman–Crippen MR) is 96.1 cm³/mol. The van der Waals surface area contributed by atoms with Crippen molar-refractivity contribution >= 4 is 11.6 Å². The van der Waals surface area contributed by atoms with Crippen LogP contribution in [0.2, 0.25) is 5.15 Å². The quantitative estimate of drug-likeness (QED) is 0.689. The fourth-order valence-corrected chi connectivity index (χ4v) is 2.20. The van der Waals surface area contributed by atoms with Crippen molar-refractivity contribution in [2.24, 2.45) is 5.73 Å². The molecular weight excluding hydrogens is 304 g/mol. The third-order valence-corrected chi connectivity index (χ3v) is 3.29. The number of pyridine rings is 1. The molecule has 0 atom stereocenters. The van der Waals surface area contributed by atoms with E-state index in [9.17, 15) is 0 Å². The van der Waals surface area contributed by atoms with E-state index in [4.69, 9.17) is 26.9 Å². The molecule has 2 nitrogen and oxygen atoms in total. The molecule has 0 bridgehead atoms. The standard InChI is InChI=1S/C20H18ClN2/c21-20-13-18(17-4-2-1-3-5-17)12-19(23-20)11-10-15-6-8-16(14-22)9-7-15/h1-9,11-13H,10,14,22H2/i6T,7T,8T,9T,10T2,11T. The molecule has 0 aliphatic carbocycles. The van der Waals surface area contributed by atoms with Gasteiger partial charge in [0.15, 0.2) is 0 Å². The van der Waals surface area contributed by atoms with E-state index >= 15 is 0 Å². The lowest BCUT2D eigenvalue weighted by Crippen LogP contribution is -1.97. The SMILES string of the molecule is [3H][C](c1cc(-c2ccccc2)cc(Cl)n1)C([3H])([3H])c1c([3H])c([3H])c(CN)c([3H])c1[3H]. The van der Waals surface area contributed by atoms with E-state index in [1.54, 1.807) is 6.07 Å². The fraction of sp³-hybridized carbons (Fsp3) is 0.100. The van der Waals surface area contributed by atoms with Crippen LogP contribution in [0.5, 0.6) is 0 Å². The van der Waals surface area contributed by atoms with Crippen LogP contribution in [0.1, 0.15) is 26.4 Å². The summed E-state index contributed by atoms with van der Waals surface area (Å²) >= 11 is 6.11. The number of hydrogen-bond donors (Lipinski definition) is 1. The van der Waals surface area contributed by atoms with Crippen LogP contribution in [0, 0.1) is 6.40 Å². The van der Waals surface area contributed by atoms with E-state index in [-0.39, 0.29) is 23.0 Å². The van der Waals surface area contributed by atoms with Crippen molar-refractivity contribution < 1.29 is 9.60 Å². The molecule has 0 saturated heterocycles. The van der Waals surface area contributed by atoms with Gasteiger partial charge in [-0.1, -0.05) is 66.1 Å². The van der Waals surface area contributed by atoms with E-state index in [1.165, 1.54) is 6.07 Å². The number of halogens is 1. The van der Waals surface area contributed by atoms with E-state index in [2.05, 4.69) is 4.98 Å². The Kier molecular flexibility index (Phi) is 2.97. The summed E-state index contributed by atoms with van der Waals surface area (Å²) in [5.41, 5.74) is 6.33. The zero-order valence-electron chi connectivity index (χ0n) is 19.2. The molecule has 0 aliphatic heterocycles. The summed E-state index contributed by atoms with van der Waals surface area (Å²) in [6.45, 7) is -0.216. The highest BCUT2D eigenvalue weighted by atomic mass is 35.5. The predicted octanol–water partition coefficient (Wildman–Crippen LogP) is 4.66. The largest absolute Gasteiger partial charge is 0.326 e. The Morgan fingerprint density at radius 3 is 2.48 bits per heavy atom. The van der Waals surface area contributed by atoms with E-state index in [0.717, 1.165) is 5.56 Å². The maximum Gasteiger partial charge on any atom is 0.129 e. The van der Waals surface area contributed by atoms with Crippen molar-refractivity contribution in [2.75, 3.05) is 0 Å². The third kappa shape index (κ3) is 4.19. The van der Waals surface area contributed by atoms with Crippen LogP contribution < -0.4 is 5.73 Å². The molecular formula is C20H18ClN2. The molecule has 2 aromatic carbocycles. The van der Waals surface area contributed by atoms with Gasteiger partial charge in [-0.15, -0.1) is 0 Å². The number of rotatable bonds is 5. The second kappa shape index (κ2) is 7.40. The first-order valence-electron chi connectivity index (χ1n) is 10.5. The molecule has 1 heterocycles. The Bertz CT molecular complexity index is 1060. The van der Waals surface area contributed by atoms with Crippen LogP contribution in [0.15, 0.2) is 66.6 Å². The fourth-order valence-electron chi connectivity index (χ4n) is 1.99. The van der Waals surface area contributed by atoms with Crippen LogP contribution in [-0.4, -0.2) is 4.98 Å². The topological polar surface area (TPSA) is 38.9 Å². The Labute approximate surface area is 151 Å². The van der Waals surface area contributed by atoms with Gasteiger partial charge in [0.25, 0.3) is 0 Å². The third-order valence-electron chi connectivity index (χ3n) is 3.10. The van der Waals surface area contributed by atoms with Crippen LogP contribution in [0.4, 0.5) is 0 Å². The summed E-state index contributed by atoms with van der Waals surface area (Å²) in [5.74, 6) is 0. The minimum absolute atomic E-state index is 0.0108. The van der Waals surface area contributed by atoms with Gasteiger partial charge in [0, 0.05) is 22.7 Å². The van der Waals surface area contributed by atoms with Crippen molar-refractivity contribution in [3.8, 4) is 11.1 Å². The van der Waals surface area contributed by atoms with E-state index in [0.29, 0.717) is 5.56 Å². The Hall–Kier alpha value is -2.16. The molecule has 2 N–H and O–H groups in total. The molecule has 3 aromatic rings. The van der Waals surface area contributed by atoms with Crippen LogP contribution in [0.25, 0.3) is 11.1 Å². The van der Waals surface area contributed by atoms with Crippen molar-refractivity contribution in [3.05, 3.63) is 95.0 Å². The number of nitrogens with zero attached hydrogens (tertiary/aromatic N) is 1. The number of benzene rings is 2. The molecule has 0 saturated carbocycles. The summed E-state index contributed by atoms with van der Waals surface area (Å²) in [5, 5.41) is 0.0601. The molecule has 0 unspecified atom stereocenters. The highest BCUT2D eigenvalue weighted by Gasteiger charge is 2.05. The lowest BCUT2D eigenvalue weighted by Gasteiger charge is -2.07. The first-order chi connectivity index (χ1) is 14.1. The zero-order chi connectivity index (χ0) is 22.2. The van der Waals surface area contributed by atoms with E-state index < -0.39 is 42.5 Å². The van der Waals surface area contributed by atoms with Crippen molar-refractivity contribution in [1.82, 2.24) is 4.98 Å². The monoisotopic (exact) mass is 335 g/mol. The summed E-state index contributed by atoms with van der Waals surface area (Å²) in [4.78, 5) is 4.05. The van der Waals surface area contributed by atoms with Gasteiger partial charge in [-0.3, -0.25) is 0 Å². The summed E-state index contributed by atoms with van der Waals surface area (Å²) in [7, 11) is 0. The highest BCUT2D eigenvalue weighted by Crippen LogP contribution is 2.23. The summed E-state index contributed by atoms with van der Waals surface area (Å²) < 4.78 is 57.8. The van der Waals surface area contributed by atoms with Crippen molar-refractivity contribution in [1.29, 1.82) is 0 Å². The van der Waals surface area contributed by atoms with Gasteiger partial charge in [-0.2, -0.15) is 0 Å². The molecule has 0 aliphatic rings. The molecule has 3 rings (SSSR count). The average molecular weight is 336 g/mol. The average Bonchev–Trinajstić information content (AvgIpc) is 2.72. The lowest BCUT2D eigenvalue weighted by molar-refractivity contribution is 1.05.